The third-order valence-electron chi connectivity index (χ3n) is 2.38. The molecule has 2 N–H and O–H groups in total. The Bertz CT molecular complexity index is 166. The van der Waals surface area contributed by atoms with Gasteiger partial charge in [-0.2, -0.15) is 0 Å². The lowest BCUT2D eigenvalue weighted by atomic mass is 10.1. The maximum Gasteiger partial charge on any atom is 0.233 e. The number of hydrogen-bond acceptors (Lipinski definition) is 3. The van der Waals surface area contributed by atoms with Crippen LogP contribution in [0.15, 0.2) is 0 Å². The maximum absolute atomic E-state index is 11.2. The normalized spacial score (nSPS) is 22.8. The number of carbonyl (C=O) groups is 1. The molecule has 4 heteroatoms. The van der Waals surface area contributed by atoms with Crippen LogP contribution in [0, 0.1) is 0 Å². The van der Waals surface area contributed by atoms with Gasteiger partial charge in [0.15, 0.2) is 0 Å². The molecule has 0 bridgehead atoms. The van der Waals surface area contributed by atoms with E-state index < -0.39 is 0 Å². The molecule has 1 aliphatic heterocycles. The molecule has 0 aromatic carbocycles. The molecular formula is C10H20N2O2. The molecule has 1 saturated heterocycles. The van der Waals surface area contributed by atoms with Crippen molar-refractivity contribution in [2.24, 2.45) is 0 Å². The van der Waals surface area contributed by atoms with E-state index in [9.17, 15) is 4.79 Å². The highest BCUT2D eigenvalue weighted by molar-refractivity contribution is 5.77. The fourth-order valence-electron chi connectivity index (χ4n) is 1.60. The monoisotopic (exact) mass is 200 g/mol. The summed E-state index contributed by atoms with van der Waals surface area (Å²) in [7, 11) is 0. The van der Waals surface area contributed by atoms with Crippen LogP contribution in [-0.4, -0.2) is 38.3 Å². The van der Waals surface area contributed by atoms with Crippen LogP contribution in [0.3, 0.4) is 0 Å². The van der Waals surface area contributed by atoms with Gasteiger partial charge in [0.1, 0.15) is 0 Å². The van der Waals surface area contributed by atoms with Crippen molar-refractivity contribution in [2.75, 3.05) is 26.3 Å². The third kappa shape index (κ3) is 4.58. The van der Waals surface area contributed by atoms with E-state index in [4.69, 9.17) is 4.74 Å². The zero-order valence-electron chi connectivity index (χ0n) is 8.84. The molecule has 0 aliphatic carbocycles. The summed E-state index contributed by atoms with van der Waals surface area (Å²) in [5.41, 5.74) is 0. The van der Waals surface area contributed by atoms with Gasteiger partial charge >= 0.3 is 0 Å². The zero-order valence-corrected chi connectivity index (χ0v) is 8.84. The molecule has 1 rings (SSSR count). The summed E-state index contributed by atoms with van der Waals surface area (Å²) in [6.45, 7) is 4.73. The molecule has 0 saturated carbocycles. The highest BCUT2D eigenvalue weighted by Gasteiger charge is 2.12. The molecule has 4 nitrogen and oxygen atoms in total. The van der Waals surface area contributed by atoms with Crippen LogP contribution < -0.4 is 10.6 Å². The average molecular weight is 200 g/mol. The number of likely N-dealkylation sites (N-methyl/N-ethyl adjacent to an activating group) is 1. The van der Waals surface area contributed by atoms with Gasteiger partial charge < -0.3 is 15.4 Å². The lowest BCUT2D eigenvalue weighted by Crippen LogP contribution is -2.39. The molecule has 0 aromatic rings. The van der Waals surface area contributed by atoms with Crippen LogP contribution in [0.25, 0.3) is 0 Å². The quantitative estimate of drug-likeness (QED) is 0.685. The topological polar surface area (TPSA) is 50.4 Å². The second-order valence-corrected chi connectivity index (χ2v) is 3.57. The summed E-state index contributed by atoms with van der Waals surface area (Å²) >= 11 is 0. The molecule has 0 spiro atoms. The van der Waals surface area contributed by atoms with Gasteiger partial charge in [-0.25, -0.2) is 0 Å². The number of carbonyl (C=O) groups excluding carboxylic acids is 1. The van der Waals surface area contributed by atoms with Gasteiger partial charge in [-0.1, -0.05) is 0 Å². The Morgan fingerprint density at radius 2 is 2.29 bits per heavy atom. The van der Waals surface area contributed by atoms with Gasteiger partial charge in [0, 0.05) is 25.8 Å². The van der Waals surface area contributed by atoms with Crippen LogP contribution in [-0.2, 0) is 9.53 Å². The van der Waals surface area contributed by atoms with E-state index in [0.717, 1.165) is 32.5 Å². The van der Waals surface area contributed by atoms with Gasteiger partial charge in [-0.15, -0.1) is 0 Å². The molecule has 0 aromatic heterocycles. The second-order valence-electron chi connectivity index (χ2n) is 3.57. The van der Waals surface area contributed by atoms with Crippen LogP contribution in [0.1, 0.15) is 26.2 Å². The van der Waals surface area contributed by atoms with Gasteiger partial charge in [-0.3, -0.25) is 4.79 Å². The lowest BCUT2D eigenvalue weighted by Gasteiger charge is -2.14. The Morgan fingerprint density at radius 3 is 3.07 bits per heavy atom. The molecule has 82 valence electrons. The van der Waals surface area contributed by atoms with Crippen molar-refractivity contribution in [3.05, 3.63) is 0 Å². The Balaban J connectivity index is 2.12. The van der Waals surface area contributed by atoms with E-state index in [-0.39, 0.29) is 5.91 Å². The number of hydrogen-bond donors (Lipinski definition) is 2. The summed E-state index contributed by atoms with van der Waals surface area (Å²) in [4.78, 5) is 11.2. The smallest absolute Gasteiger partial charge is 0.233 e. The first kappa shape index (κ1) is 11.5. The Kier molecular flexibility index (Phi) is 5.56. The van der Waals surface area contributed by atoms with E-state index in [1.54, 1.807) is 0 Å². The van der Waals surface area contributed by atoms with Crippen molar-refractivity contribution in [3.63, 3.8) is 0 Å². The van der Waals surface area contributed by atoms with Crippen molar-refractivity contribution < 1.29 is 9.53 Å². The minimum atomic E-state index is 0.0812. The van der Waals surface area contributed by atoms with Crippen LogP contribution in [0.4, 0.5) is 0 Å². The van der Waals surface area contributed by atoms with E-state index >= 15 is 0 Å². The van der Waals surface area contributed by atoms with Crippen molar-refractivity contribution in [3.8, 4) is 0 Å². The first-order valence-electron chi connectivity index (χ1n) is 5.40. The van der Waals surface area contributed by atoms with Gasteiger partial charge in [0.2, 0.25) is 5.91 Å². The van der Waals surface area contributed by atoms with Crippen LogP contribution in [0.5, 0.6) is 0 Å². The van der Waals surface area contributed by atoms with Gasteiger partial charge in [0.05, 0.1) is 6.54 Å². The molecular weight excluding hydrogens is 180 g/mol. The van der Waals surface area contributed by atoms with Gasteiger partial charge in [0.25, 0.3) is 0 Å². The van der Waals surface area contributed by atoms with Gasteiger partial charge in [-0.05, 0) is 26.2 Å². The van der Waals surface area contributed by atoms with Crippen molar-refractivity contribution in [1.29, 1.82) is 0 Å². The molecule has 1 atom stereocenters. The van der Waals surface area contributed by atoms with Crippen molar-refractivity contribution in [1.82, 2.24) is 10.6 Å². The molecule has 1 aliphatic rings. The van der Waals surface area contributed by atoms with Crippen LogP contribution >= 0.6 is 0 Å². The predicted octanol–water partition coefficient (Wildman–Crippen LogP) is 0.281. The molecule has 14 heavy (non-hydrogen) atoms. The van der Waals surface area contributed by atoms with E-state index in [2.05, 4.69) is 10.6 Å². The summed E-state index contributed by atoms with van der Waals surface area (Å²) in [5.74, 6) is 0.0812. The predicted molar refractivity (Wildman–Crippen MR) is 55.1 cm³/mol. The summed E-state index contributed by atoms with van der Waals surface area (Å²) in [5, 5.41) is 6.02. The number of nitrogens with one attached hydrogen (secondary N) is 2. The van der Waals surface area contributed by atoms with E-state index in [1.165, 1.54) is 0 Å². The Morgan fingerprint density at radius 1 is 1.43 bits per heavy atom. The average Bonchev–Trinajstić information content (AvgIpc) is 2.43. The lowest BCUT2D eigenvalue weighted by molar-refractivity contribution is -0.120. The third-order valence-corrected chi connectivity index (χ3v) is 2.38. The summed E-state index contributed by atoms with van der Waals surface area (Å²) in [6.07, 6.45) is 3.21. The number of rotatable bonds is 4. The Hall–Kier alpha value is -0.610. The highest BCUT2D eigenvalue weighted by Crippen LogP contribution is 2.07. The number of amides is 1. The molecule has 1 heterocycles. The van der Waals surface area contributed by atoms with E-state index in [1.807, 2.05) is 6.92 Å². The first-order valence-corrected chi connectivity index (χ1v) is 5.40. The maximum atomic E-state index is 11.2. The van der Waals surface area contributed by atoms with Crippen molar-refractivity contribution >= 4 is 5.91 Å². The van der Waals surface area contributed by atoms with E-state index in [0.29, 0.717) is 19.1 Å². The molecule has 1 amide bonds. The fourth-order valence-corrected chi connectivity index (χ4v) is 1.60. The summed E-state index contributed by atoms with van der Waals surface area (Å²) in [6, 6.07) is 0.445. The highest BCUT2D eigenvalue weighted by atomic mass is 16.5. The second kappa shape index (κ2) is 6.79. The Labute approximate surface area is 85.4 Å². The minimum Gasteiger partial charge on any atom is -0.381 e. The SMILES string of the molecule is CCNC(=O)CNC1CCCOCC1. The largest absolute Gasteiger partial charge is 0.381 e. The van der Waals surface area contributed by atoms with Crippen LogP contribution in [0.2, 0.25) is 0 Å². The summed E-state index contributed by atoms with van der Waals surface area (Å²) < 4.78 is 5.34. The number of ether oxygens (including phenoxy) is 1. The molecule has 1 unspecified atom stereocenters. The first-order chi connectivity index (χ1) is 6.83. The standard InChI is InChI=1S/C10H20N2O2/c1-2-11-10(13)8-12-9-4-3-6-14-7-5-9/h9,12H,2-8H2,1H3,(H,11,13). The molecule has 1 fully saturated rings. The molecule has 0 radical (unpaired) electrons. The minimum absolute atomic E-state index is 0.0812. The van der Waals surface area contributed by atoms with Crippen molar-refractivity contribution in [2.45, 2.75) is 32.2 Å². The zero-order chi connectivity index (χ0) is 10.2. The fraction of sp³-hybridized carbons (Fsp3) is 0.900.